The quantitative estimate of drug-likeness (QED) is 0.0283. The standard InChI is InChI=1S/2C20H36O4.Mg/c2*1-2-3-4-5-6-7-8-9-10-11-12-13-14-15-18-24-20(23)17-16-19(21)22;/h2*16-17H,2-15,18H2,1H3,(H,21,22);/q;;+2/p-2/b2*17-16+;. The van der Waals surface area contributed by atoms with Crippen molar-refractivity contribution in [1.29, 1.82) is 0 Å². The number of ether oxygens (including phenoxy) is 2. The molecule has 0 aromatic rings. The average Bonchev–Trinajstić information content (AvgIpc) is 3.06. The Hall–Kier alpha value is -1.87. The van der Waals surface area contributed by atoms with Crippen LogP contribution in [0.2, 0.25) is 0 Å². The van der Waals surface area contributed by atoms with E-state index in [0.717, 1.165) is 37.8 Å². The summed E-state index contributed by atoms with van der Waals surface area (Å²) in [6, 6.07) is 0. The van der Waals surface area contributed by atoms with Crippen LogP contribution in [0.25, 0.3) is 0 Å². The summed E-state index contributed by atoms with van der Waals surface area (Å²) >= 11 is 0. The molecule has 49 heavy (non-hydrogen) atoms. The Bertz CT molecular complexity index is 746. The Balaban J connectivity index is -0.000000846. The number of hydrogen-bond acceptors (Lipinski definition) is 8. The van der Waals surface area contributed by atoms with Crippen LogP contribution in [0.1, 0.15) is 194 Å². The van der Waals surface area contributed by atoms with E-state index in [9.17, 15) is 29.4 Å². The van der Waals surface area contributed by atoms with E-state index in [1.165, 1.54) is 154 Å². The first kappa shape index (κ1) is 51.5. The molecule has 0 saturated heterocycles. The zero-order valence-corrected chi connectivity index (χ0v) is 32.9. The summed E-state index contributed by atoms with van der Waals surface area (Å²) in [5, 5.41) is 20.2. The molecule has 0 fully saturated rings. The molecule has 0 aliphatic carbocycles. The second kappa shape index (κ2) is 44.1. The van der Waals surface area contributed by atoms with E-state index < -0.39 is 23.9 Å². The summed E-state index contributed by atoms with van der Waals surface area (Å²) in [4.78, 5) is 42.4. The maximum absolute atomic E-state index is 11.1. The van der Waals surface area contributed by atoms with Gasteiger partial charge in [0.1, 0.15) is 0 Å². The van der Waals surface area contributed by atoms with Crippen molar-refractivity contribution >= 4 is 46.9 Å². The SMILES string of the molecule is CCCCCCCCCCCCCCCCOC(=O)/C=C/C(=O)[O-].CCCCCCCCCCCCCCCCOC(=O)/C=C/C(=O)[O-].[Mg+2]. The van der Waals surface area contributed by atoms with Gasteiger partial charge in [-0.05, 0) is 25.0 Å². The van der Waals surface area contributed by atoms with E-state index in [1.54, 1.807) is 0 Å². The number of carboxylic acid groups (broad SMARTS) is 2. The van der Waals surface area contributed by atoms with Gasteiger partial charge in [0.25, 0.3) is 0 Å². The second-order valence-corrected chi connectivity index (χ2v) is 12.8. The number of carbonyl (C=O) groups excluding carboxylic acids is 4. The van der Waals surface area contributed by atoms with E-state index in [2.05, 4.69) is 13.8 Å². The van der Waals surface area contributed by atoms with E-state index in [-0.39, 0.29) is 23.1 Å². The average molecular weight is 703 g/mol. The number of carboxylic acids is 2. The third kappa shape index (κ3) is 50.6. The molecule has 0 spiro atoms. The molecule has 0 atom stereocenters. The predicted octanol–water partition coefficient (Wildman–Crippen LogP) is 8.25. The summed E-state index contributed by atoms with van der Waals surface area (Å²) in [5.74, 6) is -4.00. The van der Waals surface area contributed by atoms with E-state index in [4.69, 9.17) is 9.47 Å². The molecule has 0 N–H and O–H groups in total. The largest absolute Gasteiger partial charge is 2.00 e. The number of aliphatic carboxylic acids is 2. The van der Waals surface area contributed by atoms with Crippen molar-refractivity contribution in [3.05, 3.63) is 24.3 Å². The van der Waals surface area contributed by atoms with Crippen LogP contribution in [0.5, 0.6) is 0 Å². The summed E-state index contributed by atoms with van der Waals surface area (Å²) in [7, 11) is 0. The predicted molar refractivity (Wildman–Crippen MR) is 197 cm³/mol. The minimum Gasteiger partial charge on any atom is -0.545 e. The second-order valence-electron chi connectivity index (χ2n) is 12.8. The number of rotatable bonds is 34. The first-order valence-corrected chi connectivity index (χ1v) is 19.4. The minimum absolute atomic E-state index is 0. The Morgan fingerprint density at radius 3 is 0.776 bits per heavy atom. The van der Waals surface area contributed by atoms with Crippen molar-refractivity contribution in [3.63, 3.8) is 0 Å². The van der Waals surface area contributed by atoms with Gasteiger partial charge in [0.2, 0.25) is 0 Å². The summed E-state index contributed by atoms with van der Waals surface area (Å²) < 4.78 is 9.77. The minimum atomic E-state index is -1.39. The van der Waals surface area contributed by atoms with Crippen LogP contribution in [-0.2, 0) is 28.7 Å². The Kier molecular flexibility index (Phi) is 46.4. The van der Waals surface area contributed by atoms with Gasteiger partial charge in [0, 0.05) is 12.2 Å². The molecule has 0 aromatic carbocycles. The molecule has 280 valence electrons. The molecule has 9 heteroatoms. The number of hydrogen-bond donors (Lipinski definition) is 0. The zero-order valence-electron chi connectivity index (χ0n) is 31.5. The molecule has 0 aromatic heterocycles. The molecule has 0 unspecified atom stereocenters. The molecule has 0 bridgehead atoms. The van der Waals surface area contributed by atoms with Gasteiger partial charge >= 0.3 is 35.0 Å². The summed E-state index contributed by atoms with van der Waals surface area (Å²) in [6.07, 6.45) is 39.1. The fourth-order valence-corrected chi connectivity index (χ4v) is 5.31. The Morgan fingerprint density at radius 2 is 0.571 bits per heavy atom. The Labute approximate surface area is 315 Å². The van der Waals surface area contributed by atoms with Gasteiger partial charge in [-0.15, -0.1) is 0 Å². The maximum atomic E-state index is 11.1. The van der Waals surface area contributed by atoms with Crippen molar-refractivity contribution in [2.45, 2.75) is 194 Å². The molecular formula is C40H70MgO8. The number of esters is 2. The molecule has 0 radical (unpaired) electrons. The van der Waals surface area contributed by atoms with Crippen molar-refractivity contribution in [2.75, 3.05) is 13.2 Å². The van der Waals surface area contributed by atoms with E-state index in [1.807, 2.05) is 0 Å². The van der Waals surface area contributed by atoms with E-state index >= 15 is 0 Å². The third-order valence-corrected chi connectivity index (χ3v) is 8.20. The van der Waals surface area contributed by atoms with Gasteiger partial charge in [-0.3, -0.25) is 0 Å². The fraction of sp³-hybridized carbons (Fsp3) is 0.800. The van der Waals surface area contributed by atoms with Crippen LogP contribution >= 0.6 is 0 Å². The van der Waals surface area contributed by atoms with Crippen LogP contribution in [0, 0.1) is 0 Å². The van der Waals surface area contributed by atoms with Gasteiger partial charge in [-0.1, -0.05) is 181 Å². The topological polar surface area (TPSA) is 133 Å². The zero-order chi connectivity index (χ0) is 35.8. The Morgan fingerprint density at radius 1 is 0.367 bits per heavy atom. The molecule has 0 amide bonds. The van der Waals surface area contributed by atoms with Crippen molar-refractivity contribution in [2.24, 2.45) is 0 Å². The molecule has 0 heterocycles. The number of unbranched alkanes of at least 4 members (excludes halogenated alkanes) is 26. The van der Waals surface area contributed by atoms with Gasteiger partial charge in [-0.25, -0.2) is 9.59 Å². The van der Waals surface area contributed by atoms with Gasteiger partial charge in [0.15, 0.2) is 0 Å². The molecule has 0 aliphatic rings. The van der Waals surface area contributed by atoms with Gasteiger partial charge in [-0.2, -0.15) is 0 Å². The first-order chi connectivity index (χ1) is 23.3. The molecule has 0 saturated carbocycles. The third-order valence-electron chi connectivity index (χ3n) is 8.20. The smallest absolute Gasteiger partial charge is 0.545 e. The summed E-state index contributed by atoms with van der Waals surface area (Å²) in [5.41, 5.74) is 0. The van der Waals surface area contributed by atoms with Crippen LogP contribution in [-0.4, -0.2) is 60.1 Å². The maximum Gasteiger partial charge on any atom is 2.00 e. The van der Waals surface area contributed by atoms with Crippen molar-refractivity contribution in [1.82, 2.24) is 0 Å². The van der Waals surface area contributed by atoms with Crippen LogP contribution in [0.4, 0.5) is 0 Å². The molecule has 0 aliphatic heterocycles. The fourth-order valence-electron chi connectivity index (χ4n) is 5.31. The van der Waals surface area contributed by atoms with Crippen molar-refractivity contribution < 1.29 is 38.9 Å². The molecular weight excluding hydrogens is 633 g/mol. The van der Waals surface area contributed by atoms with E-state index in [0.29, 0.717) is 25.4 Å². The van der Waals surface area contributed by atoms with Crippen LogP contribution in [0.15, 0.2) is 24.3 Å². The van der Waals surface area contributed by atoms with Crippen LogP contribution in [0.3, 0.4) is 0 Å². The summed E-state index contributed by atoms with van der Waals surface area (Å²) in [6.45, 7) is 5.22. The number of carbonyl (C=O) groups is 4. The molecule has 0 rings (SSSR count). The van der Waals surface area contributed by atoms with Crippen LogP contribution < -0.4 is 10.2 Å². The van der Waals surface area contributed by atoms with Crippen molar-refractivity contribution in [3.8, 4) is 0 Å². The molecule has 8 nitrogen and oxygen atoms in total. The monoisotopic (exact) mass is 702 g/mol. The van der Waals surface area contributed by atoms with Gasteiger partial charge < -0.3 is 29.3 Å². The normalized spacial score (nSPS) is 10.8. The first-order valence-electron chi connectivity index (χ1n) is 19.4. The van der Waals surface area contributed by atoms with Gasteiger partial charge in [0.05, 0.1) is 25.2 Å².